The lowest BCUT2D eigenvalue weighted by molar-refractivity contribution is 1.29. The molecule has 0 unspecified atom stereocenters. The predicted octanol–water partition coefficient (Wildman–Crippen LogP) is 18.2. The SMILES string of the molecule is c1ccc(-c2ccc(-c3ccc(N(c4ccc(-c5ccc6c(c5)c(-c5ccccc5)c(-c5ccccc5)c5ccccc56)cc4)c4ccc5c(c4)sc4ccccc45)cc3)cc2)cc1. The monoisotopic (exact) mass is 831 g/mol. The Morgan fingerprint density at radius 2 is 0.594 bits per heavy atom. The van der Waals surface area contributed by atoms with Crippen molar-refractivity contribution in [3.8, 4) is 55.6 Å². The van der Waals surface area contributed by atoms with Gasteiger partial charge < -0.3 is 4.90 Å². The van der Waals surface area contributed by atoms with Crippen LogP contribution < -0.4 is 4.90 Å². The van der Waals surface area contributed by atoms with Crippen LogP contribution in [-0.2, 0) is 0 Å². The third kappa shape index (κ3) is 6.73. The Balaban J connectivity index is 0.963. The largest absolute Gasteiger partial charge is 0.310 e. The van der Waals surface area contributed by atoms with Crippen molar-refractivity contribution in [3.63, 3.8) is 0 Å². The van der Waals surface area contributed by atoms with Crippen LogP contribution in [0.15, 0.2) is 249 Å². The van der Waals surface area contributed by atoms with Gasteiger partial charge in [0.15, 0.2) is 0 Å². The van der Waals surface area contributed by atoms with E-state index >= 15 is 0 Å². The number of thiophene rings is 1. The van der Waals surface area contributed by atoms with Gasteiger partial charge in [0.05, 0.1) is 0 Å². The minimum atomic E-state index is 1.10. The number of rotatable bonds is 8. The minimum absolute atomic E-state index is 1.10. The van der Waals surface area contributed by atoms with Crippen LogP contribution in [0, 0.1) is 0 Å². The van der Waals surface area contributed by atoms with Crippen molar-refractivity contribution < 1.29 is 0 Å². The topological polar surface area (TPSA) is 3.24 Å². The molecule has 0 bridgehead atoms. The van der Waals surface area contributed by atoms with Crippen molar-refractivity contribution in [2.45, 2.75) is 0 Å². The van der Waals surface area contributed by atoms with Gasteiger partial charge in [-0.05, 0) is 126 Å². The molecule has 0 saturated carbocycles. The molecule has 0 aliphatic heterocycles. The molecule has 300 valence electrons. The number of hydrogen-bond donors (Lipinski definition) is 0. The number of benzene rings is 11. The van der Waals surface area contributed by atoms with Crippen LogP contribution in [0.2, 0.25) is 0 Å². The standard InChI is InChI=1S/C62H41NS/c1-4-14-42(15-5-1)43-24-26-44(27-25-43)45-28-33-50(34-29-45)63(52-37-39-56-55-21-12-13-23-59(55)64-60(56)41-52)51-35-30-46(31-36-51)49-32-38-54-53-20-10-11-22-57(53)61(47-16-6-2-7-17-47)62(58(54)40-49)48-18-8-3-9-19-48/h1-41H. The average molecular weight is 832 g/mol. The highest BCUT2D eigenvalue weighted by atomic mass is 32.1. The molecule has 0 N–H and O–H groups in total. The van der Waals surface area contributed by atoms with Gasteiger partial charge in [-0.3, -0.25) is 0 Å². The van der Waals surface area contributed by atoms with Gasteiger partial charge in [-0.25, -0.2) is 0 Å². The predicted molar refractivity (Wildman–Crippen MR) is 276 cm³/mol. The van der Waals surface area contributed by atoms with Crippen molar-refractivity contribution in [2.24, 2.45) is 0 Å². The molecule has 1 aromatic heterocycles. The van der Waals surface area contributed by atoms with E-state index in [0.717, 1.165) is 17.1 Å². The molecule has 0 radical (unpaired) electrons. The summed E-state index contributed by atoms with van der Waals surface area (Å²) in [5.74, 6) is 0. The summed E-state index contributed by atoms with van der Waals surface area (Å²) in [6.07, 6.45) is 0. The third-order valence-electron chi connectivity index (χ3n) is 12.7. The molecule has 64 heavy (non-hydrogen) atoms. The van der Waals surface area contributed by atoms with E-state index in [2.05, 4.69) is 254 Å². The summed E-state index contributed by atoms with van der Waals surface area (Å²) in [6.45, 7) is 0. The molecule has 0 fully saturated rings. The highest BCUT2D eigenvalue weighted by Crippen LogP contribution is 2.46. The van der Waals surface area contributed by atoms with E-state index < -0.39 is 0 Å². The van der Waals surface area contributed by atoms with Crippen molar-refractivity contribution in [1.29, 1.82) is 0 Å². The summed E-state index contributed by atoms with van der Waals surface area (Å²) in [4.78, 5) is 2.39. The molecule has 0 spiro atoms. The highest BCUT2D eigenvalue weighted by Gasteiger charge is 2.19. The van der Waals surface area contributed by atoms with E-state index in [9.17, 15) is 0 Å². The molecule has 0 aliphatic carbocycles. The van der Waals surface area contributed by atoms with Gasteiger partial charge in [0.2, 0.25) is 0 Å². The smallest absolute Gasteiger partial charge is 0.0476 e. The molecule has 0 atom stereocenters. The zero-order valence-corrected chi connectivity index (χ0v) is 35.8. The Morgan fingerprint density at radius 3 is 1.19 bits per heavy atom. The second kappa shape index (κ2) is 16.0. The Morgan fingerprint density at radius 1 is 0.219 bits per heavy atom. The van der Waals surface area contributed by atoms with Crippen LogP contribution >= 0.6 is 11.3 Å². The van der Waals surface area contributed by atoms with Crippen LogP contribution in [0.3, 0.4) is 0 Å². The van der Waals surface area contributed by atoms with E-state index in [-0.39, 0.29) is 0 Å². The maximum atomic E-state index is 2.41. The van der Waals surface area contributed by atoms with Crippen molar-refractivity contribution in [2.75, 3.05) is 4.90 Å². The highest BCUT2D eigenvalue weighted by molar-refractivity contribution is 7.25. The summed E-state index contributed by atoms with van der Waals surface area (Å²) >= 11 is 1.86. The molecule has 0 saturated heterocycles. The molecule has 12 aromatic rings. The van der Waals surface area contributed by atoms with Crippen LogP contribution in [0.1, 0.15) is 0 Å². The number of fused-ring (bicyclic) bond motifs is 6. The fourth-order valence-corrected chi connectivity index (χ4v) is 10.7. The molecule has 1 heterocycles. The summed E-state index contributed by atoms with van der Waals surface area (Å²) < 4.78 is 2.59. The summed E-state index contributed by atoms with van der Waals surface area (Å²) in [7, 11) is 0. The van der Waals surface area contributed by atoms with Crippen LogP contribution in [0.4, 0.5) is 17.1 Å². The zero-order valence-electron chi connectivity index (χ0n) is 35.0. The van der Waals surface area contributed by atoms with Gasteiger partial charge >= 0.3 is 0 Å². The lowest BCUT2D eigenvalue weighted by Crippen LogP contribution is -2.09. The van der Waals surface area contributed by atoms with Gasteiger partial charge in [0, 0.05) is 37.2 Å². The van der Waals surface area contributed by atoms with E-state index in [4.69, 9.17) is 0 Å². The van der Waals surface area contributed by atoms with E-state index in [1.54, 1.807) is 0 Å². The third-order valence-corrected chi connectivity index (χ3v) is 13.8. The summed E-state index contributed by atoms with van der Waals surface area (Å²) in [6, 6.07) is 90.9. The van der Waals surface area contributed by atoms with Gasteiger partial charge in [0.1, 0.15) is 0 Å². The Kier molecular flexibility index (Phi) is 9.43. The molecular weight excluding hydrogens is 791 g/mol. The van der Waals surface area contributed by atoms with Crippen molar-refractivity contribution in [3.05, 3.63) is 249 Å². The van der Waals surface area contributed by atoms with Gasteiger partial charge in [-0.1, -0.05) is 200 Å². The van der Waals surface area contributed by atoms with E-state index in [1.807, 2.05) is 11.3 Å². The second-order valence-electron chi connectivity index (χ2n) is 16.4. The second-order valence-corrected chi connectivity index (χ2v) is 17.5. The van der Waals surface area contributed by atoms with E-state index in [0.29, 0.717) is 0 Å². The Bertz CT molecular complexity index is 3610. The molecule has 2 heteroatoms. The fourth-order valence-electron chi connectivity index (χ4n) is 9.57. The first kappa shape index (κ1) is 37.7. The van der Waals surface area contributed by atoms with E-state index in [1.165, 1.54) is 97.4 Å². The van der Waals surface area contributed by atoms with Gasteiger partial charge in [-0.15, -0.1) is 11.3 Å². The molecule has 11 aromatic carbocycles. The Labute approximate surface area is 377 Å². The number of nitrogens with zero attached hydrogens (tertiary/aromatic N) is 1. The van der Waals surface area contributed by atoms with Crippen molar-refractivity contribution in [1.82, 2.24) is 0 Å². The molecular formula is C62H41NS. The molecule has 12 rings (SSSR count). The number of hydrogen-bond acceptors (Lipinski definition) is 2. The van der Waals surface area contributed by atoms with Gasteiger partial charge in [0.25, 0.3) is 0 Å². The quantitative estimate of drug-likeness (QED) is 0.138. The number of anilines is 3. The maximum Gasteiger partial charge on any atom is 0.0476 e. The zero-order chi connectivity index (χ0) is 42.4. The minimum Gasteiger partial charge on any atom is -0.310 e. The first-order chi connectivity index (χ1) is 31.7. The van der Waals surface area contributed by atoms with Crippen LogP contribution in [-0.4, -0.2) is 0 Å². The summed E-state index contributed by atoms with van der Waals surface area (Å²) in [5.41, 5.74) is 15.5. The summed E-state index contributed by atoms with van der Waals surface area (Å²) in [5, 5.41) is 7.64. The maximum absolute atomic E-state index is 2.41. The molecule has 0 aliphatic rings. The lowest BCUT2D eigenvalue weighted by Gasteiger charge is -2.26. The van der Waals surface area contributed by atoms with Crippen LogP contribution in [0.25, 0.3) is 97.4 Å². The van der Waals surface area contributed by atoms with Crippen LogP contribution in [0.5, 0.6) is 0 Å². The van der Waals surface area contributed by atoms with Crippen molar-refractivity contribution >= 4 is 70.1 Å². The normalized spacial score (nSPS) is 11.4. The first-order valence-corrected chi connectivity index (χ1v) is 22.7. The first-order valence-electron chi connectivity index (χ1n) is 21.9. The average Bonchev–Trinajstić information content (AvgIpc) is 3.75. The van der Waals surface area contributed by atoms with Gasteiger partial charge in [-0.2, -0.15) is 0 Å². The fraction of sp³-hybridized carbons (Fsp3) is 0. The Hall–Kier alpha value is -8.04. The lowest BCUT2D eigenvalue weighted by atomic mass is 9.84. The molecule has 0 amide bonds. The molecule has 1 nitrogen and oxygen atoms in total.